The molecule has 0 radical (unpaired) electrons. The smallest absolute Gasteiger partial charge is 0.249 e. The maximum atomic E-state index is 12.2. The SMILES string of the molecule is CP(C)(=O)c1ccc(N(N)c2ncnc(N3CCN(c4ccccc4)CC3)n2)cc1. The first-order valence-electron chi connectivity index (χ1n) is 9.86. The van der Waals surface area contributed by atoms with Gasteiger partial charge < -0.3 is 14.4 Å². The standard InChI is InChI=1S/C21H26N7OP/c1-30(2,29)19-10-8-18(9-11-19)28(22)21-24-16-23-20(25-21)27-14-12-26(13-15-27)17-6-4-3-5-7-17/h3-11,16H,12-15,22H2,1-2H3. The Labute approximate surface area is 176 Å². The first-order valence-corrected chi connectivity index (χ1v) is 12.5. The van der Waals surface area contributed by atoms with Crippen LogP contribution < -0.4 is 26.0 Å². The number of aromatic nitrogens is 3. The lowest BCUT2D eigenvalue weighted by Crippen LogP contribution is -2.47. The number of nitrogens with zero attached hydrogens (tertiary/aromatic N) is 6. The van der Waals surface area contributed by atoms with E-state index in [4.69, 9.17) is 5.84 Å². The molecule has 1 aliphatic rings. The van der Waals surface area contributed by atoms with Gasteiger partial charge in [0.15, 0.2) is 0 Å². The molecule has 30 heavy (non-hydrogen) atoms. The minimum atomic E-state index is -2.31. The second-order valence-electron chi connectivity index (χ2n) is 7.63. The summed E-state index contributed by atoms with van der Waals surface area (Å²) in [6.07, 6.45) is 1.49. The molecule has 0 aliphatic carbocycles. The number of benzene rings is 2. The molecule has 9 heteroatoms. The second kappa shape index (κ2) is 8.42. The van der Waals surface area contributed by atoms with Gasteiger partial charge in [-0.2, -0.15) is 9.97 Å². The lowest BCUT2D eigenvalue weighted by Gasteiger charge is -2.36. The molecule has 2 heterocycles. The van der Waals surface area contributed by atoms with Crippen molar-refractivity contribution in [3.63, 3.8) is 0 Å². The van der Waals surface area contributed by atoms with Crippen molar-refractivity contribution < 1.29 is 4.57 Å². The molecule has 3 aromatic rings. The number of hydrazine groups is 1. The van der Waals surface area contributed by atoms with Crippen LogP contribution in [-0.4, -0.2) is 54.5 Å². The maximum Gasteiger partial charge on any atom is 0.249 e. The summed E-state index contributed by atoms with van der Waals surface area (Å²) >= 11 is 0. The monoisotopic (exact) mass is 423 g/mol. The van der Waals surface area contributed by atoms with Crippen LogP contribution in [0.5, 0.6) is 0 Å². The normalized spacial score (nSPS) is 14.6. The molecular formula is C21H26N7OP. The van der Waals surface area contributed by atoms with Gasteiger partial charge in [0.05, 0.1) is 5.69 Å². The third-order valence-corrected chi connectivity index (χ3v) is 6.74. The van der Waals surface area contributed by atoms with Gasteiger partial charge in [-0.1, -0.05) is 18.2 Å². The van der Waals surface area contributed by atoms with E-state index in [0.717, 1.165) is 37.2 Å². The van der Waals surface area contributed by atoms with E-state index in [1.807, 2.05) is 30.3 Å². The van der Waals surface area contributed by atoms with E-state index < -0.39 is 7.14 Å². The number of anilines is 4. The summed E-state index contributed by atoms with van der Waals surface area (Å²) in [5.41, 5.74) is 1.95. The quantitative estimate of drug-likeness (QED) is 0.380. The Balaban J connectivity index is 1.46. The number of piperazine rings is 1. The molecule has 0 amide bonds. The minimum Gasteiger partial charge on any atom is -0.368 e. The van der Waals surface area contributed by atoms with Crippen molar-refractivity contribution in [2.75, 3.05) is 54.3 Å². The molecule has 0 unspecified atom stereocenters. The lowest BCUT2D eigenvalue weighted by atomic mass is 10.2. The van der Waals surface area contributed by atoms with Crippen LogP contribution in [0.2, 0.25) is 0 Å². The van der Waals surface area contributed by atoms with Crippen molar-refractivity contribution in [3.8, 4) is 0 Å². The molecule has 0 spiro atoms. The van der Waals surface area contributed by atoms with Crippen molar-refractivity contribution >= 4 is 35.7 Å². The Morgan fingerprint density at radius 1 is 0.900 bits per heavy atom. The molecule has 8 nitrogen and oxygen atoms in total. The topological polar surface area (TPSA) is 91.5 Å². The fourth-order valence-electron chi connectivity index (χ4n) is 3.44. The van der Waals surface area contributed by atoms with Crippen LogP contribution in [0, 0.1) is 0 Å². The Morgan fingerprint density at radius 3 is 2.17 bits per heavy atom. The number of para-hydroxylation sites is 1. The van der Waals surface area contributed by atoms with Crippen LogP contribution in [-0.2, 0) is 4.57 Å². The summed E-state index contributed by atoms with van der Waals surface area (Å²) in [6, 6.07) is 17.7. The zero-order valence-corrected chi connectivity index (χ0v) is 18.1. The molecule has 1 fully saturated rings. The van der Waals surface area contributed by atoms with Crippen LogP contribution in [0.1, 0.15) is 0 Å². The van der Waals surface area contributed by atoms with E-state index in [1.54, 1.807) is 13.3 Å². The van der Waals surface area contributed by atoms with Crippen LogP contribution in [0.3, 0.4) is 0 Å². The fraction of sp³-hybridized carbons (Fsp3) is 0.286. The van der Waals surface area contributed by atoms with Gasteiger partial charge in [-0.3, -0.25) is 0 Å². The van der Waals surface area contributed by atoms with Crippen molar-refractivity contribution in [2.45, 2.75) is 0 Å². The maximum absolute atomic E-state index is 12.2. The highest BCUT2D eigenvalue weighted by Crippen LogP contribution is 2.35. The Bertz CT molecular complexity index is 1030. The Kier molecular flexibility index (Phi) is 5.70. The van der Waals surface area contributed by atoms with Crippen LogP contribution >= 0.6 is 7.14 Å². The van der Waals surface area contributed by atoms with Crippen LogP contribution in [0.4, 0.5) is 23.3 Å². The van der Waals surface area contributed by atoms with Crippen molar-refractivity contribution in [1.29, 1.82) is 0 Å². The third kappa shape index (κ3) is 4.45. The number of hydrogen-bond acceptors (Lipinski definition) is 8. The van der Waals surface area contributed by atoms with E-state index in [1.165, 1.54) is 17.0 Å². The van der Waals surface area contributed by atoms with Crippen molar-refractivity contribution in [1.82, 2.24) is 15.0 Å². The summed E-state index contributed by atoms with van der Waals surface area (Å²) in [5.74, 6) is 7.24. The van der Waals surface area contributed by atoms with E-state index in [-0.39, 0.29) is 0 Å². The van der Waals surface area contributed by atoms with Gasteiger partial charge in [-0.15, -0.1) is 0 Å². The molecule has 0 atom stereocenters. The van der Waals surface area contributed by atoms with E-state index in [2.05, 4.69) is 49.0 Å². The first-order chi connectivity index (χ1) is 14.4. The Hall–Kier alpha value is -2.96. The average molecular weight is 423 g/mol. The molecule has 1 saturated heterocycles. The lowest BCUT2D eigenvalue weighted by molar-refractivity contribution is 0.588. The number of nitrogens with two attached hydrogens (primary N) is 1. The fourth-order valence-corrected chi connectivity index (χ4v) is 4.31. The van der Waals surface area contributed by atoms with E-state index in [0.29, 0.717) is 11.9 Å². The van der Waals surface area contributed by atoms with Crippen LogP contribution in [0.25, 0.3) is 0 Å². The molecule has 156 valence electrons. The molecule has 0 bridgehead atoms. The highest BCUT2D eigenvalue weighted by molar-refractivity contribution is 7.70. The molecule has 4 rings (SSSR count). The van der Waals surface area contributed by atoms with Crippen molar-refractivity contribution in [3.05, 3.63) is 60.9 Å². The molecule has 1 aromatic heterocycles. The summed E-state index contributed by atoms with van der Waals surface area (Å²) < 4.78 is 12.2. The van der Waals surface area contributed by atoms with Gasteiger partial charge in [0.1, 0.15) is 13.5 Å². The highest BCUT2D eigenvalue weighted by atomic mass is 31.2. The number of rotatable bonds is 5. The van der Waals surface area contributed by atoms with Crippen molar-refractivity contribution in [2.24, 2.45) is 5.84 Å². The summed E-state index contributed by atoms with van der Waals surface area (Å²) in [5, 5.41) is 2.23. The summed E-state index contributed by atoms with van der Waals surface area (Å²) in [6.45, 7) is 6.93. The van der Waals surface area contributed by atoms with E-state index in [9.17, 15) is 4.57 Å². The van der Waals surface area contributed by atoms with Gasteiger partial charge in [0.2, 0.25) is 11.9 Å². The zero-order chi connectivity index (χ0) is 21.1. The molecule has 2 N–H and O–H groups in total. The summed E-state index contributed by atoms with van der Waals surface area (Å²) in [4.78, 5) is 17.7. The molecule has 2 aromatic carbocycles. The molecule has 1 aliphatic heterocycles. The number of hydrogen-bond donors (Lipinski definition) is 1. The van der Waals surface area contributed by atoms with Crippen LogP contribution in [0.15, 0.2) is 60.9 Å². The third-order valence-electron chi connectivity index (χ3n) is 5.20. The summed E-state index contributed by atoms with van der Waals surface area (Å²) in [7, 11) is -2.31. The minimum absolute atomic E-state index is 0.370. The first kappa shape index (κ1) is 20.3. The highest BCUT2D eigenvalue weighted by Gasteiger charge is 2.21. The molecule has 0 saturated carbocycles. The largest absolute Gasteiger partial charge is 0.368 e. The molecular weight excluding hydrogens is 397 g/mol. The van der Waals surface area contributed by atoms with Gasteiger partial charge in [0.25, 0.3) is 0 Å². The van der Waals surface area contributed by atoms with Gasteiger partial charge in [-0.05, 0) is 49.7 Å². The predicted molar refractivity (Wildman–Crippen MR) is 123 cm³/mol. The average Bonchev–Trinajstić information content (AvgIpc) is 2.79. The second-order valence-corrected chi connectivity index (χ2v) is 10.9. The predicted octanol–water partition coefficient (Wildman–Crippen LogP) is 2.46. The van der Waals surface area contributed by atoms with Gasteiger partial charge in [0, 0.05) is 37.2 Å². The zero-order valence-electron chi connectivity index (χ0n) is 17.2. The van der Waals surface area contributed by atoms with Gasteiger partial charge >= 0.3 is 0 Å². The van der Waals surface area contributed by atoms with Gasteiger partial charge in [-0.25, -0.2) is 15.8 Å². The Morgan fingerprint density at radius 2 is 1.53 bits per heavy atom. The van der Waals surface area contributed by atoms with E-state index >= 15 is 0 Å².